The molecule has 7 N–H and O–H groups in total. The Bertz CT molecular complexity index is 799. The molecule has 0 aromatic carbocycles. The summed E-state index contributed by atoms with van der Waals surface area (Å²) in [6.45, 7) is 10.2. The Hall–Kier alpha value is 1.35. The Kier molecular flexibility index (Phi) is 21.4. The highest BCUT2D eigenvalue weighted by Crippen LogP contribution is 2.35. The highest BCUT2D eigenvalue weighted by molar-refractivity contribution is 6.88. The van der Waals surface area contributed by atoms with E-state index in [2.05, 4.69) is 0 Å². The summed E-state index contributed by atoms with van der Waals surface area (Å²) in [4.78, 5) is 76.2. The maximum atomic E-state index is 11.3. The van der Waals surface area contributed by atoms with Crippen LogP contribution in [0.5, 0.6) is 0 Å². The molecule has 0 aliphatic carbocycles. The molecule has 0 amide bonds. The lowest BCUT2D eigenvalue weighted by Gasteiger charge is -2.45. The molecule has 0 bridgehead atoms. The molecule has 44 heavy (non-hydrogen) atoms. The van der Waals surface area contributed by atoms with Gasteiger partial charge in [-0.1, -0.05) is 0 Å². The summed E-state index contributed by atoms with van der Waals surface area (Å²) in [7, 11) is -12.4. The van der Waals surface area contributed by atoms with Gasteiger partial charge in [-0.3, -0.25) is 0 Å². The molecule has 1 fully saturated rings. The molecule has 1 unspecified atom stereocenters. The number of nitrogens with zero attached hydrogens (tertiary/aromatic N) is 3. The predicted molar refractivity (Wildman–Crippen MR) is 161 cm³/mol. The van der Waals surface area contributed by atoms with Gasteiger partial charge in [-0.25, -0.2) is 0 Å². The molecule has 1 saturated heterocycles. The van der Waals surface area contributed by atoms with E-state index in [1.54, 1.807) is 0 Å². The largest absolute Gasteiger partial charge is 1.00 e. The quantitative estimate of drug-likeness (QED) is 0.0485. The van der Waals surface area contributed by atoms with Gasteiger partial charge in [-0.2, -0.15) is 0 Å². The third-order valence-electron chi connectivity index (χ3n) is 7.77. The van der Waals surface area contributed by atoms with Crippen LogP contribution in [0.4, 0.5) is 0 Å². The molecule has 1 heterocycles. The van der Waals surface area contributed by atoms with E-state index in [1.807, 2.05) is 63.1 Å². The van der Waals surface area contributed by atoms with Gasteiger partial charge in [0.15, 0.2) is 0 Å². The molecule has 1 rings (SSSR count). The molecule has 0 aromatic rings. The average Bonchev–Trinajstić information content (AvgIpc) is 2.75. The first-order valence-corrected chi connectivity index (χ1v) is 23.7. The van der Waals surface area contributed by atoms with E-state index in [1.165, 1.54) is 0 Å². The van der Waals surface area contributed by atoms with E-state index in [-0.39, 0.29) is 55.4 Å². The first kappa shape index (κ1) is 49.7. The Morgan fingerprint density at radius 3 is 1.25 bits per heavy atom. The van der Waals surface area contributed by atoms with E-state index in [4.69, 9.17) is 20.6 Å². The lowest BCUT2D eigenvalue weighted by atomic mass is 10.4. The van der Waals surface area contributed by atoms with E-state index < -0.39 is 44.5 Å². The topological polar surface area (TPSA) is 188 Å². The van der Waals surface area contributed by atoms with Crippen LogP contribution in [-0.4, -0.2) is 173 Å². The minimum atomic E-state index is -5.21. The monoisotopic (exact) mass is 789 g/mol. The highest BCUT2D eigenvalue weighted by atomic mass is 35.5. The summed E-state index contributed by atoms with van der Waals surface area (Å²) >= 11 is 0. The lowest BCUT2D eigenvalue weighted by Crippen LogP contribution is -3.00. The van der Waals surface area contributed by atoms with Crippen LogP contribution in [0.1, 0.15) is 40.0 Å². The predicted octanol–water partition coefficient (Wildman–Crippen LogP) is -10.8. The Labute approximate surface area is 288 Å². The number of hydrogen-bond donors (Lipinski definition) is 7. The smallest absolute Gasteiger partial charge is 0.660 e. The molecular formula is C21H58Cl3N3O12Si5. The zero-order valence-electron chi connectivity index (χ0n) is 27.6. The number of rotatable bonds is 19. The fourth-order valence-electron chi connectivity index (χ4n) is 4.02. The van der Waals surface area contributed by atoms with Gasteiger partial charge in [0.05, 0.1) is 81.6 Å². The van der Waals surface area contributed by atoms with Gasteiger partial charge in [0.1, 0.15) is 0 Å². The fraction of sp³-hybridized carbons (Fsp3) is 1.00. The van der Waals surface area contributed by atoms with Gasteiger partial charge in [-0.15, -0.1) is 0 Å². The molecule has 0 aromatic heterocycles. The second-order valence-electron chi connectivity index (χ2n) is 13.0. The van der Waals surface area contributed by atoms with Crippen molar-refractivity contribution in [3.63, 3.8) is 0 Å². The van der Waals surface area contributed by atoms with Gasteiger partial charge in [0, 0.05) is 37.4 Å². The summed E-state index contributed by atoms with van der Waals surface area (Å²) in [5, 5.41) is 0. The molecular weight excluding hydrogens is 733 g/mol. The summed E-state index contributed by atoms with van der Waals surface area (Å²) in [5.74, 6) is 0. The highest BCUT2D eigenvalue weighted by Gasteiger charge is 2.72. The van der Waals surface area contributed by atoms with Crippen molar-refractivity contribution in [1.29, 1.82) is 0 Å². The summed E-state index contributed by atoms with van der Waals surface area (Å²) in [6, 6.07) is -0.584. The molecule has 1 aliphatic rings. The number of quaternary nitrogens is 3. The van der Waals surface area contributed by atoms with Crippen molar-refractivity contribution in [2.75, 3.05) is 81.6 Å². The Balaban J connectivity index is -0.00000560. The van der Waals surface area contributed by atoms with Crippen LogP contribution in [0.2, 0.25) is 18.1 Å². The maximum absolute atomic E-state index is 11.3. The van der Waals surface area contributed by atoms with Crippen LogP contribution in [0.3, 0.4) is 0 Å². The maximum Gasteiger partial charge on any atom is 0.660 e. The zero-order chi connectivity index (χ0) is 32.0. The van der Waals surface area contributed by atoms with E-state index in [0.29, 0.717) is 52.3 Å². The SMILES string of the molecule is CC[N+](C)(C)CCC[Si](O)(O)O[Si]1(O[Si](O)(O)CCC[N+](C)(C)CC)O[Si](O)(O)O[Si](O)(CCC[N+](C)(C)CC)O1.[Cl-].[Cl-].[Cl-]. The second-order valence-corrected chi connectivity index (χ2v) is 25.1. The third-order valence-corrected chi connectivity index (χ3v) is 22.1. The molecule has 1 atom stereocenters. The second kappa shape index (κ2) is 18.9. The zero-order valence-corrected chi connectivity index (χ0v) is 34.9. The van der Waals surface area contributed by atoms with Crippen molar-refractivity contribution in [2.45, 2.75) is 58.2 Å². The molecule has 23 heteroatoms. The van der Waals surface area contributed by atoms with Gasteiger partial charge >= 0.3 is 44.5 Å². The lowest BCUT2D eigenvalue weighted by molar-refractivity contribution is -0.888. The minimum absolute atomic E-state index is 0. The van der Waals surface area contributed by atoms with E-state index >= 15 is 0 Å². The standard InChI is InChI=1S/C21H58N3O12Si5.3ClH/c1-10-22(4,5)16-13-19-37(25,26)32-41(33-38(27,28)20-14-17-23(6,7)11-2)35-39(29,34-40(30,31)36-41)21-15-18-24(8,9)12-3;;;/h25-31H,10-21H2,1-9H3;3*1H/q+3;;;/p-3. The van der Waals surface area contributed by atoms with Crippen molar-refractivity contribution in [3.8, 4) is 0 Å². The molecule has 0 spiro atoms. The Morgan fingerprint density at radius 2 is 0.909 bits per heavy atom. The molecule has 0 saturated carbocycles. The van der Waals surface area contributed by atoms with Crippen molar-refractivity contribution < 1.29 is 105 Å². The molecule has 0 radical (unpaired) electrons. The van der Waals surface area contributed by atoms with Crippen molar-refractivity contribution in [2.24, 2.45) is 0 Å². The summed E-state index contributed by atoms with van der Waals surface area (Å²) < 4.78 is 29.0. The minimum Gasteiger partial charge on any atom is -1.00 e. The average molecular weight is 791 g/mol. The number of hydrogen-bond acceptors (Lipinski definition) is 12. The van der Waals surface area contributed by atoms with Crippen LogP contribution < -0.4 is 37.2 Å². The van der Waals surface area contributed by atoms with E-state index in [0.717, 1.165) is 19.6 Å². The van der Waals surface area contributed by atoms with Crippen molar-refractivity contribution in [3.05, 3.63) is 0 Å². The van der Waals surface area contributed by atoms with Crippen LogP contribution in [0.15, 0.2) is 0 Å². The summed E-state index contributed by atoms with van der Waals surface area (Å²) in [5.41, 5.74) is 0. The van der Waals surface area contributed by atoms with Crippen molar-refractivity contribution >= 4 is 44.5 Å². The van der Waals surface area contributed by atoms with Gasteiger partial charge in [0.2, 0.25) is 0 Å². The van der Waals surface area contributed by atoms with Gasteiger partial charge in [-0.05, 0) is 20.8 Å². The number of halogens is 3. The van der Waals surface area contributed by atoms with Crippen LogP contribution in [0.25, 0.3) is 0 Å². The fourth-order valence-corrected chi connectivity index (χ4v) is 19.6. The van der Waals surface area contributed by atoms with Crippen LogP contribution in [-0.2, 0) is 20.6 Å². The first-order valence-electron chi connectivity index (χ1n) is 14.4. The summed E-state index contributed by atoms with van der Waals surface area (Å²) in [6.07, 6.45) is 1.02. The normalized spacial score (nSPS) is 20.7. The molecule has 1 aliphatic heterocycles. The van der Waals surface area contributed by atoms with E-state index in [9.17, 15) is 33.6 Å². The first-order chi connectivity index (χ1) is 18.3. The van der Waals surface area contributed by atoms with Gasteiger partial charge in [0.25, 0.3) is 0 Å². The molecule has 270 valence electrons. The van der Waals surface area contributed by atoms with Crippen LogP contribution in [0, 0.1) is 0 Å². The molecule has 15 nitrogen and oxygen atoms in total. The van der Waals surface area contributed by atoms with Gasteiger partial charge < -0.3 is 105 Å². The Morgan fingerprint density at radius 1 is 0.568 bits per heavy atom. The van der Waals surface area contributed by atoms with Crippen LogP contribution >= 0.6 is 0 Å². The van der Waals surface area contributed by atoms with Crippen molar-refractivity contribution in [1.82, 2.24) is 0 Å². The third kappa shape index (κ3) is 18.8.